The monoisotopic (exact) mass is 251 g/mol. The number of hydrogen-bond donors (Lipinski definition) is 0. The molecule has 2 aliphatic rings. The van der Waals surface area contributed by atoms with Gasteiger partial charge in [0, 0.05) is 30.2 Å². The van der Waals surface area contributed by atoms with Gasteiger partial charge in [-0.3, -0.25) is 0 Å². The molecule has 1 aliphatic heterocycles. The minimum Gasteiger partial charge on any atom is -0.356 e. The molecule has 1 atom stereocenters. The molecule has 3 rings (SSSR count). The molecule has 0 bridgehead atoms. The van der Waals surface area contributed by atoms with Gasteiger partial charge in [-0.25, -0.2) is 9.97 Å². The van der Waals surface area contributed by atoms with E-state index in [1.54, 1.807) is 6.33 Å². The average molecular weight is 252 g/mol. The summed E-state index contributed by atoms with van der Waals surface area (Å²) in [5.74, 6) is 2.57. The standard InChI is InChI=1S/C13H18ClN3/c14-7-10-3-2-6-17(8-10)13-11-4-1-5-12(11)15-9-16-13/h9-10H,1-8H2. The van der Waals surface area contributed by atoms with Crippen molar-refractivity contribution < 1.29 is 0 Å². The Bertz CT molecular complexity index is 408. The molecule has 3 nitrogen and oxygen atoms in total. The van der Waals surface area contributed by atoms with Crippen molar-refractivity contribution in [3.63, 3.8) is 0 Å². The van der Waals surface area contributed by atoms with Crippen molar-refractivity contribution in [1.29, 1.82) is 0 Å². The SMILES string of the molecule is ClCC1CCCN(c2ncnc3c2CCC3)C1. The second-order valence-electron chi connectivity index (χ2n) is 5.08. The highest BCUT2D eigenvalue weighted by Gasteiger charge is 2.25. The predicted molar refractivity (Wildman–Crippen MR) is 69.7 cm³/mol. The van der Waals surface area contributed by atoms with Gasteiger partial charge in [-0.15, -0.1) is 11.6 Å². The first kappa shape index (κ1) is 11.3. The smallest absolute Gasteiger partial charge is 0.135 e. The number of nitrogens with zero attached hydrogens (tertiary/aromatic N) is 3. The minimum atomic E-state index is 0.623. The molecule has 0 aromatic carbocycles. The summed E-state index contributed by atoms with van der Waals surface area (Å²) in [5, 5.41) is 0. The maximum atomic E-state index is 5.99. The van der Waals surface area contributed by atoms with E-state index in [0.717, 1.165) is 31.8 Å². The van der Waals surface area contributed by atoms with Crippen molar-refractivity contribution in [2.45, 2.75) is 32.1 Å². The quantitative estimate of drug-likeness (QED) is 0.756. The van der Waals surface area contributed by atoms with E-state index in [2.05, 4.69) is 14.9 Å². The van der Waals surface area contributed by atoms with Gasteiger partial charge in [0.05, 0.1) is 0 Å². The van der Waals surface area contributed by atoms with Gasteiger partial charge < -0.3 is 4.90 Å². The van der Waals surface area contributed by atoms with E-state index >= 15 is 0 Å². The molecule has 4 heteroatoms. The maximum absolute atomic E-state index is 5.99. The fourth-order valence-corrected chi connectivity index (χ4v) is 3.25. The fourth-order valence-electron chi connectivity index (χ4n) is 3.00. The predicted octanol–water partition coefficient (Wildman–Crippen LogP) is 2.42. The van der Waals surface area contributed by atoms with E-state index < -0.39 is 0 Å². The zero-order chi connectivity index (χ0) is 11.7. The number of fused-ring (bicyclic) bond motifs is 1. The molecular weight excluding hydrogens is 234 g/mol. The third kappa shape index (κ3) is 2.13. The van der Waals surface area contributed by atoms with Crippen LogP contribution in [-0.2, 0) is 12.8 Å². The van der Waals surface area contributed by atoms with Crippen molar-refractivity contribution in [3.8, 4) is 0 Å². The van der Waals surface area contributed by atoms with Crippen LogP contribution in [0.2, 0.25) is 0 Å². The number of aryl methyl sites for hydroxylation is 1. The molecule has 1 aromatic rings. The van der Waals surface area contributed by atoms with Gasteiger partial charge >= 0.3 is 0 Å². The third-order valence-corrected chi connectivity index (χ3v) is 4.33. The number of anilines is 1. The lowest BCUT2D eigenvalue weighted by Crippen LogP contribution is -2.37. The molecule has 0 radical (unpaired) electrons. The third-order valence-electron chi connectivity index (χ3n) is 3.89. The number of aromatic nitrogens is 2. The summed E-state index contributed by atoms with van der Waals surface area (Å²) in [6, 6.07) is 0. The lowest BCUT2D eigenvalue weighted by molar-refractivity contribution is 0.448. The number of rotatable bonds is 2. The number of halogens is 1. The van der Waals surface area contributed by atoms with Crippen LogP contribution in [0.4, 0.5) is 5.82 Å². The summed E-state index contributed by atoms with van der Waals surface area (Å²) >= 11 is 5.99. The number of hydrogen-bond acceptors (Lipinski definition) is 3. The van der Waals surface area contributed by atoms with Crippen LogP contribution >= 0.6 is 11.6 Å². The van der Waals surface area contributed by atoms with Gasteiger partial charge in [0.25, 0.3) is 0 Å². The van der Waals surface area contributed by atoms with Crippen LogP contribution in [0.15, 0.2) is 6.33 Å². The van der Waals surface area contributed by atoms with Gasteiger partial charge in [0.15, 0.2) is 0 Å². The molecular formula is C13H18ClN3. The van der Waals surface area contributed by atoms with Crippen molar-refractivity contribution in [3.05, 3.63) is 17.6 Å². The van der Waals surface area contributed by atoms with Crippen LogP contribution in [0.1, 0.15) is 30.5 Å². The highest BCUT2D eigenvalue weighted by molar-refractivity contribution is 6.18. The van der Waals surface area contributed by atoms with Gasteiger partial charge in [-0.1, -0.05) is 0 Å². The van der Waals surface area contributed by atoms with Gasteiger partial charge in [-0.05, 0) is 38.0 Å². The minimum absolute atomic E-state index is 0.623. The lowest BCUT2D eigenvalue weighted by Gasteiger charge is -2.33. The van der Waals surface area contributed by atoms with Crippen LogP contribution in [0, 0.1) is 5.92 Å². The van der Waals surface area contributed by atoms with Crippen LogP contribution in [0.25, 0.3) is 0 Å². The molecule has 1 fully saturated rings. The second kappa shape index (κ2) is 4.81. The summed E-state index contributed by atoms with van der Waals surface area (Å²) in [6.07, 6.45) is 7.71. The Labute approximate surface area is 107 Å². The van der Waals surface area contributed by atoms with E-state index in [4.69, 9.17) is 11.6 Å². The largest absolute Gasteiger partial charge is 0.356 e. The highest BCUT2D eigenvalue weighted by atomic mass is 35.5. The van der Waals surface area contributed by atoms with E-state index in [0.29, 0.717) is 5.92 Å². The topological polar surface area (TPSA) is 29.0 Å². The van der Waals surface area contributed by atoms with Crippen LogP contribution < -0.4 is 4.90 Å². The Morgan fingerprint density at radius 2 is 2.24 bits per heavy atom. The first-order chi connectivity index (χ1) is 8.38. The van der Waals surface area contributed by atoms with E-state index in [9.17, 15) is 0 Å². The molecule has 92 valence electrons. The van der Waals surface area contributed by atoms with Crippen LogP contribution in [0.3, 0.4) is 0 Å². The molecule has 17 heavy (non-hydrogen) atoms. The van der Waals surface area contributed by atoms with Crippen molar-refractivity contribution in [1.82, 2.24) is 9.97 Å². The Morgan fingerprint density at radius 1 is 1.29 bits per heavy atom. The van der Waals surface area contributed by atoms with Crippen LogP contribution in [-0.4, -0.2) is 28.9 Å². The highest BCUT2D eigenvalue weighted by Crippen LogP contribution is 2.30. The average Bonchev–Trinajstić information content (AvgIpc) is 2.87. The summed E-state index contributed by atoms with van der Waals surface area (Å²) in [6.45, 7) is 2.18. The van der Waals surface area contributed by atoms with Crippen molar-refractivity contribution in [2.75, 3.05) is 23.9 Å². The van der Waals surface area contributed by atoms with E-state index in [-0.39, 0.29) is 0 Å². The summed E-state index contributed by atoms with van der Waals surface area (Å²) in [4.78, 5) is 11.3. The molecule has 0 amide bonds. The Morgan fingerprint density at radius 3 is 3.12 bits per heavy atom. The molecule has 0 N–H and O–H groups in total. The second-order valence-corrected chi connectivity index (χ2v) is 5.39. The molecule has 0 saturated carbocycles. The molecule has 1 aliphatic carbocycles. The Balaban J connectivity index is 1.86. The first-order valence-corrected chi connectivity index (χ1v) is 7.05. The van der Waals surface area contributed by atoms with Crippen LogP contribution in [0.5, 0.6) is 0 Å². The lowest BCUT2D eigenvalue weighted by atomic mass is 9.99. The molecule has 1 unspecified atom stereocenters. The zero-order valence-electron chi connectivity index (χ0n) is 10.0. The normalized spacial score (nSPS) is 23.8. The molecule has 0 spiro atoms. The summed E-state index contributed by atoms with van der Waals surface area (Å²) in [5.41, 5.74) is 2.66. The Hall–Kier alpha value is -0.830. The van der Waals surface area contributed by atoms with E-state index in [1.165, 1.54) is 36.3 Å². The number of piperidine rings is 1. The Kier molecular flexibility index (Phi) is 3.19. The summed E-state index contributed by atoms with van der Waals surface area (Å²) in [7, 11) is 0. The van der Waals surface area contributed by atoms with Crippen molar-refractivity contribution >= 4 is 17.4 Å². The summed E-state index contributed by atoms with van der Waals surface area (Å²) < 4.78 is 0. The number of alkyl halides is 1. The maximum Gasteiger partial charge on any atom is 0.135 e. The van der Waals surface area contributed by atoms with Gasteiger partial charge in [0.1, 0.15) is 12.1 Å². The zero-order valence-corrected chi connectivity index (χ0v) is 10.8. The fraction of sp³-hybridized carbons (Fsp3) is 0.692. The van der Waals surface area contributed by atoms with Gasteiger partial charge in [0.2, 0.25) is 0 Å². The molecule has 1 saturated heterocycles. The molecule has 2 heterocycles. The van der Waals surface area contributed by atoms with Crippen molar-refractivity contribution in [2.24, 2.45) is 5.92 Å². The van der Waals surface area contributed by atoms with Gasteiger partial charge in [-0.2, -0.15) is 0 Å². The first-order valence-electron chi connectivity index (χ1n) is 6.52. The van der Waals surface area contributed by atoms with E-state index in [1.807, 2.05) is 0 Å². The molecule has 1 aromatic heterocycles.